The standard InChI is InChI=1S/C16H23N5/c1-13-3-5-15(12-20-9-7-19(2)8-10-20)21(13)16-6-4-14(17)11-18-16/h3-6,11H,7-10,12,17H2,1-2H3. The lowest BCUT2D eigenvalue weighted by Crippen LogP contribution is -2.44. The van der Waals surface area contributed by atoms with E-state index in [0.717, 1.165) is 38.5 Å². The van der Waals surface area contributed by atoms with Crippen LogP contribution in [0.15, 0.2) is 30.5 Å². The van der Waals surface area contributed by atoms with Crippen molar-refractivity contribution in [2.24, 2.45) is 0 Å². The van der Waals surface area contributed by atoms with Crippen LogP contribution in [0.3, 0.4) is 0 Å². The zero-order chi connectivity index (χ0) is 14.8. The van der Waals surface area contributed by atoms with E-state index in [1.807, 2.05) is 12.1 Å². The fourth-order valence-electron chi connectivity index (χ4n) is 2.81. The highest BCUT2D eigenvalue weighted by Gasteiger charge is 2.16. The summed E-state index contributed by atoms with van der Waals surface area (Å²) in [6.45, 7) is 7.60. The van der Waals surface area contributed by atoms with Crippen LogP contribution in [-0.4, -0.2) is 52.6 Å². The van der Waals surface area contributed by atoms with Gasteiger partial charge in [-0.1, -0.05) is 0 Å². The lowest BCUT2D eigenvalue weighted by atomic mass is 10.3. The van der Waals surface area contributed by atoms with Gasteiger partial charge in [-0.25, -0.2) is 4.98 Å². The molecule has 0 saturated carbocycles. The minimum Gasteiger partial charge on any atom is -0.397 e. The van der Waals surface area contributed by atoms with Crippen molar-refractivity contribution in [1.82, 2.24) is 19.4 Å². The summed E-state index contributed by atoms with van der Waals surface area (Å²) in [5.74, 6) is 0.941. The molecule has 2 N–H and O–H groups in total. The highest BCUT2D eigenvalue weighted by Crippen LogP contribution is 2.18. The van der Waals surface area contributed by atoms with Gasteiger partial charge in [0.1, 0.15) is 5.82 Å². The van der Waals surface area contributed by atoms with Crippen LogP contribution in [0.1, 0.15) is 11.4 Å². The molecule has 0 aliphatic carbocycles. The SMILES string of the molecule is Cc1ccc(CN2CCN(C)CC2)n1-c1ccc(N)cn1. The summed E-state index contributed by atoms with van der Waals surface area (Å²) in [6, 6.07) is 8.24. The first-order chi connectivity index (χ1) is 10.1. The van der Waals surface area contributed by atoms with Gasteiger partial charge in [0.15, 0.2) is 0 Å². The van der Waals surface area contributed by atoms with Crippen LogP contribution in [0.2, 0.25) is 0 Å². The topological polar surface area (TPSA) is 50.3 Å². The number of hydrogen-bond donors (Lipinski definition) is 1. The van der Waals surface area contributed by atoms with Gasteiger partial charge in [-0.2, -0.15) is 0 Å². The molecule has 1 aliphatic heterocycles. The Bertz CT molecular complexity index is 594. The molecule has 5 nitrogen and oxygen atoms in total. The van der Waals surface area contributed by atoms with Crippen molar-refractivity contribution in [1.29, 1.82) is 0 Å². The molecule has 0 aromatic carbocycles. The molecule has 2 aromatic heterocycles. The molecule has 0 radical (unpaired) electrons. The molecule has 112 valence electrons. The largest absolute Gasteiger partial charge is 0.397 e. The maximum Gasteiger partial charge on any atom is 0.137 e. The van der Waals surface area contributed by atoms with Gasteiger partial charge in [-0.05, 0) is 38.2 Å². The molecule has 3 heterocycles. The van der Waals surface area contributed by atoms with Gasteiger partial charge in [0, 0.05) is 44.1 Å². The number of aromatic nitrogens is 2. The van der Waals surface area contributed by atoms with Gasteiger partial charge in [0.05, 0.1) is 11.9 Å². The number of rotatable bonds is 3. The van der Waals surface area contributed by atoms with Crippen LogP contribution in [0, 0.1) is 6.92 Å². The Hall–Kier alpha value is -1.85. The van der Waals surface area contributed by atoms with Crippen molar-refractivity contribution in [2.75, 3.05) is 39.0 Å². The lowest BCUT2D eigenvalue weighted by Gasteiger charge is -2.32. The average Bonchev–Trinajstić information content (AvgIpc) is 2.83. The molecular weight excluding hydrogens is 262 g/mol. The van der Waals surface area contributed by atoms with E-state index in [1.54, 1.807) is 6.20 Å². The van der Waals surface area contributed by atoms with E-state index in [9.17, 15) is 0 Å². The van der Waals surface area contributed by atoms with Gasteiger partial charge in [-0.15, -0.1) is 0 Å². The van der Waals surface area contributed by atoms with E-state index in [0.29, 0.717) is 5.69 Å². The molecule has 0 spiro atoms. The molecular formula is C16H23N5. The van der Waals surface area contributed by atoms with Crippen molar-refractivity contribution in [3.05, 3.63) is 41.9 Å². The quantitative estimate of drug-likeness (QED) is 0.929. The molecule has 1 saturated heterocycles. The van der Waals surface area contributed by atoms with E-state index in [1.165, 1.54) is 11.4 Å². The fraction of sp³-hybridized carbons (Fsp3) is 0.438. The number of anilines is 1. The van der Waals surface area contributed by atoms with Crippen molar-refractivity contribution < 1.29 is 0 Å². The van der Waals surface area contributed by atoms with Crippen LogP contribution < -0.4 is 5.73 Å². The van der Waals surface area contributed by atoms with E-state index in [2.05, 4.69) is 45.5 Å². The zero-order valence-corrected chi connectivity index (χ0v) is 12.8. The third-order valence-corrected chi connectivity index (χ3v) is 4.14. The van der Waals surface area contributed by atoms with Crippen molar-refractivity contribution in [2.45, 2.75) is 13.5 Å². The summed E-state index contributed by atoms with van der Waals surface area (Å²) in [6.07, 6.45) is 1.72. The molecule has 3 rings (SSSR count). The average molecular weight is 285 g/mol. The molecule has 1 aliphatic rings. The van der Waals surface area contributed by atoms with E-state index < -0.39 is 0 Å². The second-order valence-corrected chi connectivity index (χ2v) is 5.83. The lowest BCUT2D eigenvalue weighted by molar-refractivity contribution is 0.146. The molecule has 2 aromatic rings. The van der Waals surface area contributed by atoms with E-state index in [-0.39, 0.29) is 0 Å². The number of pyridine rings is 1. The smallest absolute Gasteiger partial charge is 0.137 e. The Kier molecular flexibility index (Phi) is 3.94. The second kappa shape index (κ2) is 5.87. The predicted octanol–water partition coefficient (Wildman–Crippen LogP) is 1.51. The van der Waals surface area contributed by atoms with Crippen LogP contribution >= 0.6 is 0 Å². The van der Waals surface area contributed by atoms with Gasteiger partial charge in [0.2, 0.25) is 0 Å². The first-order valence-electron chi connectivity index (χ1n) is 7.43. The normalized spacial score (nSPS) is 17.2. The third kappa shape index (κ3) is 3.09. The number of nitrogens with zero attached hydrogens (tertiary/aromatic N) is 4. The first kappa shape index (κ1) is 14.1. The fourth-order valence-corrected chi connectivity index (χ4v) is 2.81. The number of nitrogens with two attached hydrogens (primary N) is 1. The summed E-state index contributed by atoms with van der Waals surface area (Å²) in [4.78, 5) is 9.34. The Morgan fingerprint density at radius 2 is 1.86 bits per heavy atom. The van der Waals surface area contributed by atoms with E-state index in [4.69, 9.17) is 5.73 Å². The van der Waals surface area contributed by atoms with Crippen LogP contribution in [-0.2, 0) is 6.54 Å². The minimum atomic E-state index is 0.698. The zero-order valence-electron chi connectivity index (χ0n) is 12.8. The third-order valence-electron chi connectivity index (χ3n) is 4.14. The molecule has 5 heteroatoms. The summed E-state index contributed by atoms with van der Waals surface area (Å²) >= 11 is 0. The van der Waals surface area contributed by atoms with Crippen molar-refractivity contribution >= 4 is 5.69 Å². The number of nitrogen functional groups attached to an aromatic ring is 1. The maximum absolute atomic E-state index is 5.73. The highest BCUT2D eigenvalue weighted by atomic mass is 15.3. The molecule has 21 heavy (non-hydrogen) atoms. The van der Waals surface area contributed by atoms with Crippen LogP contribution in [0.5, 0.6) is 0 Å². The van der Waals surface area contributed by atoms with Crippen LogP contribution in [0.25, 0.3) is 5.82 Å². The van der Waals surface area contributed by atoms with Crippen LogP contribution in [0.4, 0.5) is 5.69 Å². The van der Waals surface area contributed by atoms with E-state index >= 15 is 0 Å². The van der Waals surface area contributed by atoms with Gasteiger partial charge in [-0.3, -0.25) is 4.90 Å². The summed E-state index contributed by atoms with van der Waals surface area (Å²) in [5.41, 5.74) is 8.92. The number of likely N-dealkylation sites (N-methyl/N-ethyl adjacent to an activating group) is 1. The summed E-state index contributed by atoms with van der Waals surface area (Å²) in [5, 5.41) is 0. The van der Waals surface area contributed by atoms with Gasteiger partial charge >= 0.3 is 0 Å². The van der Waals surface area contributed by atoms with Gasteiger partial charge in [0.25, 0.3) is 0 Å². The Morgan fingerprint density at radius 3 is 2.52 bits per heavy atom. The Balaban J connectivity index is 1.82. The second-order valence-electron chi connectivity index (χ2n) is 5.83. The highest BCUT2D eigenvalue weighted by molar-refractivity contribution is 5.40. The number of hydrogen-bond acceptors (Lipinski definition) is 4. The summed E-state index contributed by atoms with van der Waals surface area (Å²) in [7, 11) is 2.18. The minimum absolute atomic E-state index is 0.698. The number of piperazine rings is 1. The summed E-state index contributed by atoms with van der Waals surface area (Å²) < 4.78 is 2.22. The van der Waals surface area contributed by atoms with Crippen molar-refractivity contribution in [3.63, 3.8) is 0 Å². The van der Waals surface area contributed by atoms with Crippen molar-refractivity contribution in [3.8, 4) is 5.82 Å². The monoisotopic (exact) mass is 285 g/mol. The Labute approximate surface area is 126 Å². The molecule has 0 atom stereocenters. The maximum atomic E-state index is 5.73. The first-order valence-corrected chi connectivity index (χ1v) is 7.43. The predicted molar refractivity (Wildman–Crippen MR) is 85.5 cm³/mol. The molecule has 1 fully saturated rings. The number of aryl methyl sites for hydroxylation is 1. The van der Waals surface area contributed by atoms with Gasteiger partial charge < -0.3 is 15.2 Å². The Morgan fingerprint density at radius 1 is 1.10 bits per heavy atom. The molecule has 0 unspecified atom stereocenters. The molecule has 0 amide bonds. The molecule has 0 bridgehead atoms.